The van der Waals surface area contributed by atoms with Crippen LogP contribution in [0.15, 0.2) is 40.2 Å². The largest absolute Gasteiger partial charge is 0.443 e. The molecule has 2 N–H and O–H groups in total. The van der Waals surface area contributed by atoms with Gasteiger partial charge in [0.1, 0.15) is 5.60 Å². The van der Waals surface area contributed by atoms with Gasteiger partial charge in [-0.3, -0.25) is 4.57 Å². The summed E-state index contributed by atoms with van der Waals surface area (Å²) < 4.78 is 9.24. The molecule has 0 atom stereocenters. The summed E-state index contributed by atoms with van der Waals surface area (Å²) in [5.41, 5.74) is 7.59. The van der Waals surface area contributed by atoms with Crippen molar-refractivity contribution in [3.63, 3.8) is 0 Å². The Hall–Kier alpha value is -2.61. The topological polar surface area (TPSA) is 87.4 Å². The van der Waals surface area contributed by atoms with Crippen molar-refractivity contribution in [2.24, 2.45) is 5.10 Å². The number of carbonyl (C=O) groups is 1. The van der Waals surface area contributed by atoms with Gasteiger partial charge < -0.3 is 10.5 Å². The fraction of sp³-hybridized carbons (Fsp3) is 0.278. The van der Waals surface area contributed by atoms with Crippen LogP contribution in [0.1, 0.15) is 32.0 Å². The maximum absolute atomic E-state index is 12.5. The van der Waals surface area contributed by atoms with Crippen LogP contribution in [0.4, 0.5) is 10.7 Å². The quantitative estimate of drug-likeness (QED) is 0.634. The van der Waals surface area contributed by atoms with Gasteiger partial charge in [-0.25, -0.2) is 14.5 Å². The molecule has 8 heteroatoms. The molecule has 2 heterocycles. The molecule has 0 aliphatic heterocycles. The first-order valence-electron chi connectivity index (χ1n) is 8.04. The molecule has 0 radical (unpaired) electrons. The van der Waals surface area contributed by atoms with Gasteiger partial charge in [0, 0.05) is 21.6 Å². The summed E-state index contributed by atoms with van der Waals surface area (Å²) in [4.78, 5) is 16.6. The molecule has 3 aromatic rings. The number of benzene rings is 1. The SMILES string of the molecule is Cc1cn(N=Cc2cccc3c2c(Br)cn3C(=O)OC(C)(C)C)c(N)n1. The van der Waals surface area contributed by atoms with Crippen LogP contribution >= 0.6 is 15.9 Å². The van der Waals surface area contributed by atoms with E-state index >= 15 is 0 Å². The molecular formula is C18H20BrN5O2. The van der Waals surface area contributed by atoms with Crippen molar-refractivity contribution in [1.29, 1.82) is 0 Å². The van der Waals surface area contributed by atoms with Gasteiger partial charge in [-0.05, 0) is 49.7 Å². The van der Waals surface area contributed by atoms with Gasteiger partial charge in [0.05, 0.1) is 23.6 Å². The molecule has 3 rings (SSSR count). The minimum Gasteiger partial charge on any atom is -0.443 e. The van der Waals surface area contributed by atoms with E-state index in [4.69, 9.17) is 10.5 Å². The first-order valence-corrected chi connectivity index (χ1v) is 8.84. The maximum atomic E-state index is 12.5. The minimum absolute atomic E-state index is 0.316. The number of halogens is 1. The zero-order valence-corrected chi connectivity index (χ0v) is 16.6. The number of anilines is 1. The van der Waals surface area contributed by atoms with Crippen LogP contribution in [-0.2, 0) is 4.74 Å². The van der Waals surface area contributed by atoms with Crippen LogP contribution in [0.25, 0.3) is 10.9 Å². The fourth-order valence-corrected chi connectivity index (χ4v) is 3.19. The van der Waals surface area contributed by atoms with Gasteiger partial charge in [-0.1, -0.05) is 12.1 Å². The highest BCUT2D eigenvalue weighted by Crippen LogP contribution is 2.29. The van der Waals surface area contributed by atoms with Crippen LogP contribution in [0.5, 0.6) is 0 Å². The molecule has 0 amide bonds. The van der Waals surface area contributed by atoms with Crippen LogP contribution < -0.4 is 5.73 Å². The van der Waals surface area contributed by atoms with Gasteiger partial charge in [0.2, 0.25) is 5.95 Å². The zero-order chi connectivity index (χ0) is 19.1. The minimum atomic E-state index is -0.573. The number of nitrogen functional groups attached to an aromatic ring is 1. The predicted molar refractivity (Wildman–Crippen MR) is 106 cm³/mol. The third-order valence-corrected chi connectivity index (χ3v) is 4.16. The third kappa shape index (κ3) is 3.65. The molecule has 0 aliphatic carbocycles. The summed E-state index contributed by atoms with van der Waals surface area (Å²) in [6, 6.07) is 5.63. The molecule has 0 fully saturated rings. The summed E-state index contributed by atoms with van der Waals surface area (Å²) in [6.45, 7) is 7.35. The summed E-state index contributed by atoms with van der Waals surface area (Å²) >= 11 is 3.53. The molecule has 2 aromatic heterocycles. The highest BCUT2D eigenvalue weighted by molar-refractivity contribution is 9.10. The average molecular weight is 418 g/mol. The Morgan fingerprint density at radius 3 is 2.69 bits per heavy atom. The number of imidazole rings is 1. The van der Waals surface area contributed by atoms with Crippen molar-refractivity contribution in [3.05, 3.63) is 46.3 Å². The lowest BCUT2D eigenvalue weighted by Gasteiger charge is -2.19. The lowest BCUT2D eigenvalue weighted by Crippen LogP contribution is -2.26. The standard InChI is InChI=1S/C18H20BrN5O2/c1-11-9-24(16(20)22-11)21-8-12-6-5-7-14-15(12)13(19)10-23(14)17(25)26-18(2,3)4/h5-10H,1-4H3,(H2,20,22). The number of fused-ring (bicyclic) bond motifs is 1. The van der Waals surface area contributed by atoms with Crippen LogP contribution in [0, 0.1) is 6.92 Å². The Kier molecular flexibility index (Phi) is 4.62. The van der Waals surface area contributed by atoms with E-state index in [-0.39, 0.29) is 0 Å². The molecular weight excluding hydrogens is 398 g/mol. The van der Waals surface area contributed by atoms with Crippen molar-refractivity contribution in [3.8, 4) is 0 Å². The van der Waals surface area contributed by atoms with E-state index in [0.717, 1.165) is 26.6 Å². The Labute approximate surface area is 159 Å². The van der Waals surface area contributed by atoms with E-state index in [9.17, 15) is 4.79 Å². The molecule has 0 aliphatic rings. The Morgan fingerprint density at radius 1 is 1.35 bits per heavy atom. The van der Waals surface area contributed by atoms with Crippen molar-refractivity contribution in [2.45, 2.75) is 33.3 Å². The lowest BCUT2D eigenvalue weighted by atomic mass is 10.1. The second kappa shape index (κ2) is 6.60. The van der Waals surface area contributed by atoms with Gasteiger partial charge in [-0.2, -0.15) is 5.10 Å². The number of hydrogen-bond acceptors (Lipinski definition) is 5. The highest BCUT2D eigenvalue weighted by atomic mass is 79.9. The Balaban J connectivity index is 2.03. The van der Waals surface area contributed by atoms with E-state index in [2.05, 4.69) is 26.0 Å². The maximum Gasteiger partial charge on any atom is 0.419 e. The van der Waals surface area contributed by atoms with Gasteiger partial charge in [0.25, 0.3) is 0 Å². The highest BCUT2D eigenvalue weighted by Gasteiger charge is 2.21. The molecule has 26 heavy (non-hydrogen) atoms. The predicted octanol–water partition coefficient (Wildman–Crippen LogP) is 4.16. The lowest BCUT2D eigenvalue weighted by molar-refractivity contribution is 0.0544. The van der Waals surface area contributed by atoms with Gasteiger partial charge >= 0.3 is 6.09 Å². The smallest absolute Gasteiger partial charge is 0.419 e. The zero-order valence-electron chi connectivity index (χ0n) is 15.0. The van der Waals surface area contributed by atoms with Crippen LogP contribution in [0.3, 0.4) is 0 Å². The molecule has 136 valence electrons. The summed E-state index contributed by atoms with van der Waals surface area (Å²) in [5, 5.41) is 5.22. The molecule has 0 spiro atoms. The third-order valence-electron chi connectivity index (χ3n) is 3.56. The fourth-order valence-electron chi connectivity index (χ4n) is 2.56. The van der Waals surface area contributed by atoms with E-state index in [1.807, 2.05) is 45.9 Å². The number of carbonyl (C=O) groups excluding carboxylic acids is 1. The van der Waals surface area contributed by atoms with Crippen LogP contribution in [0.2, 0.25) is 0 Å². The number of nitrogens with zero attached hydrogens (tertiary/aromatic N) is 4. The Morgan fingerprint density at radius 2 is 2.08 bits per heavy atom. The van der Waals surface area contributed by atoms with Crippen molar-refractivity contribution < 1.29 is 9.53 Å². The molecule has 0 saturated carbocycles. The van der Waals surface area contributed by atoms with Crippen molar-refractivity contribution in [1.82, 2.24) is 14.2 Å². The van der Waals surface area contributed by atoms with Crippen molar-refractivity contribution in [2.75, 3.05) is 5.73 Å². The van der Waals surface area contributed by atoms with Gasteiger partial charge in [0.15, 0.2) is 0 Å². The van der Waals surface area contributed by atoms with E-state index in [1.165, 1.54) is 9.24 Å². The average Bonchev–Trinajstić information content (AvgIpc) is 3.03. The molecule has 7 nitrogen and oxygen atoms in total. The molecule has 0 unspecified atom stereocenters. The number of hydrogen-bond donors (Lipinski definition) is 1. The first kappa shape index (κ1) is 18.2. The molecule has 1 aromatic carbocycles. The first-order chi connectivity index (χ1) is 12.2. The Bertz CT molecular complexity index is 1010. The van der Waals surface area contributed by atoms with E-state index in [1.54, 1.807) is 18.6 Å². The van der Waals surface area contributed by atoms with E-state index < -0.39 is 11.7 Å². The monoisotopic (exact) mass is 417 g/mol. The number of ether oxygens (including phenoxy) is 1. The van der Waals surface area contributed by atoms with Crippen molar-refractivity contribution >= 4 is 45.1 Å². The number of aryl methyl sites for hydroxylation is 1. The second-order valence-electron chi connectivity index (χ2n) is 6.90. The van der Waals surface area contributed by atoms with Gasteiger partial charge in [-0.15, -0.1) is 0 Å². The summed E-state index contributed by atoms with van der Waals surface area (Å²) in [5.74, 6) is 0.316. The second-order valence-corrected chi connectivity index (χ2v) is 7.75. The summed E-state index contributed by atoms with van der Waals surface area (Å²) in [6.07, 6.45) is 4.69. The molecule has 0 bridgehead atoms. The number of rotatable bonds is 2. The normalized spacial score (nSPS) is 12.2. The summed E-state index contributed by atoms with van der Waals surface area (Å²) in [7, 11) is 0. The van der Waals surface area contributed by atoms with Crippen LogP contribution in [-0.4, -0.2) is 32.1 Å². The molecule has 0 saturated heterocycles. The number of aromatic nitrogens is 3. The van der Waals surface area contributed by atoms with E-state index in [0.29, 0.717) is 5.95 Å². The number of nitrogens with two attached hydrogens (primary N) is 1.